The molecule has 0 aromatic heterocycles. The Morgan fingerprint density at radius 1 is 1.50 bits per heavy atom. The smallest absolute Gasteiger partial charge is 0.193 e. The molecule has 1 aromatic carbocycles. The zero-order valence-corrected chi connectivity index (χ0v) is 13.4. The minimum absolute atomic E-state index is 0.293. The number of nitrogens with zero attached hydrogens (tertiary/aromatic N) is 1. The van der Waals surface area contributed by atoms with E-state index in [0.717, 1.165) is 38.0 Å². The fraction of sp³-hybridized carbons (Fsp3) is 0.588. The van der Waals surface area contributed by atoms with E-state index in [0.29, 0.717) is 31.8 Å². The van der Waals surface area contributed by atoms with Gasteiger partial charge in [0.2, 0.25) is 0 Å². The van der Waals surface area contributed by atoms with E-state index in [1.54, 1.807) is 0 Å². The van der Waals surface area contributed by atoms with Gasteiger partial charge in [0, 0.05) is 25.4 Å². The van der Waals surface area contributed by atoms with Crippen molar-refractivity contribution >= 4 is 11.6 Å². The highest BCUT2D eigenvalue weighted by Crippen LogP contribution is 2.12. The third-order valence-electron chi connectivity index (χ3n) is 3.66. The summed E-state index contributed by atoms with van der Waals surface area (Å²) >= 11 is 0. The molecule has 0 radical (unpaired) electrons. The van der Waals surface area contributed by atoms with Crippen LogP contribution in [0.25, 0.3) is 0 Å². The SMILES string of the molecule is CCc1cccc(NC(N)=NCCCOCC2CCCO2)c1. The van der Waals surface area contributed by atoms with Gasteiger partial charge in [-0.3, -0.25) is 4.99 Å². The summed E-state index contributed by atoms with van der Waals surface area (Å²) in [5, 5.41) is 3.12. The Morgan fingerprint density at radius 2 is 2.41 bits per heavy atom. The Balaban J connectivity index is 1.60. The largest absolute Gasteiger partial charge is 0.379 e. The minimum atomic E-state index is 0.293. The van der Waals surface area contributed by atoms with E-state index in [2.05, 4.69) is 29.4 Å². The number of ether oxygens (including phenoxy) is 2. The molecule has 1 aromatic rings. The number of guanidine groups is 1. The van der Waals surface area contributed by atoms with E-state index in [9.17, 15) is 0 Å². The quantitative estimate of drug-likeness (QED) is 0.440. The molecule has 22 heavy (non-hydrogen) atoms. The number of nitrogens with one attached hydrogen (secondary N) is 1. The van der Waals surface area contributed by atoms with E-state index >= 15 is 0 Å². The maximum Gasteiger partial charge on any atom is 0.193 e. The van der Waals surface area contributed by atoms with Crippen molar-refractivity contribution < 1.29 is 9.47 Å². The molecule has 0 amide bonds. The summed E-state index contributed by atoms with van der Waals surface area (Å²) in [6.07, 6.45) is 4.44. The summed E-state index contributed by atoms with van der Waals surface area (Å²) in [5.74, 6) is 0.451. The van der Waals surface area contributed by atoms with Gasteiger partial charge in [-0.25, -0.2) is 0 Å². The fourth-order valence-corrected chi connectivity index (χ4v) is 2.41. The standard InChI is InChI=1S/C17H27N3O2/c1-2-14-6-3-7-15(12-14)20-17(18)19-9-5-10-21-13-16-8-4-11-22-16/h3,6-7,12,16H,2,4-5,8-11,13H2,1H3,(H3,18,19,20). The number of anilines is 1. The minimum Gasteiger partial charge on any atom is -0.379 e. The molecule has 1 fully saturated rings. The number of aryl methyl sites for hydroxylation is 1. The number of benzene rings is 1. The molecule has 1 atom stereocenters. The molecule has 1 aliphatic heterocycles. The Bertz CT molecular complexity index is 471. The van der Waals surface area contributed by atoms with Crippen LogP contribution in [0.15, 0.2) is 29.3 Å². The average Bonchev–Trinajstić information content (AvgIpc) is 3.04. The van der Waals surface area contributed by atoms with Crippen LogP contribution in [0.1, 0.15) is 31.7 Å². The van der Waals surface area contributed by atoms with Gasteiger partial charge in [0.1, 0.15) is 0 Å². The summed E-state index contributed by atoms with van der Waals surface area (Å²) in [7, 11) is 0. The predicted molar refractivity (Wildman–Crippen MR) is 90.3 cm³/mol. The van der Waals surface area contributed by atoms with Crippen LogP contribution in [0, 0.1) is 0 Å². The predicted octanol–water partition coefficient (Wildman–Crippen LogP) is 2.56. The average molecular weight is 305 g/mol. The molecule has 1 heterocycles. The molecule has 5 nitrogen and oxygen atoms in total. The second-order valence-corrected chi connectivity index (χ2v) is 5.51. The van der Waals surface area contributed by atoms with E-state index < -0.39 is 0 Å². The van der Waals surface area contributed by atoms with E-state index in [1.807, 2.05) is 12.1 Å². The third kappa shape index (κ3) is 6.03. The first-order valence-corrected chi connectivity index (χ1v) is 8.13. The fourth-order valence-electron chi connectivity index (χ4n) is 2.41. The lowest BCUT2D eigenvalue weighted by atomic mass is 10.1. The molecular formula is C17H27N3O2. The first-order chi connectivity index (χ1) is 10.8. The van der Waals surface area contributed by atoms with Gasteiger partial charge in [0.25, 0.3) is 0 Å². The number of hydrogen-bond donors (Lipinski definition) is 2. The number of aliphatic imine (C=N–C) groups is 1. The van der Waals surface area contributed by atoms with Gasteiger partial charge < -0.3 is 20.5 Å². The van der Waals surface area contributed by atoms with Crippen LogP contribution in [0.3, 0.4) is 0 Å². The van der Waals surface area contributed by atoms with E-state index in [-0.39, 0.29) is 0 Å². The van der Waals surface area contributed by atoms with Crippen molar-refractivity contribution in [1.82, 2.24) is 0 Å². The molecule has 5 heteroatoms. The summed E-state index contributed by atoms with van der Waals surface area (Å²) in [4.78, 5) is 4.32. The van der Waals surface area contributed by atoms with Crippen LogP contribution in [0.2, 0.25) is 0 Å². The lowest BCUT2D eigenvalue weighted by molar-refractivity contribution is 0.0171. The van der Waals surface area contributed by atoms with E-state index in [1.165, 1.54) is 5.56 Å². The van der Waals surface area contributed by atoms with Crippen molar-refractivity contribution in [3.8, 4) is 0 Å². The Labute approximate surface area is 132 Å². The Morgan fingerprint density at radius 3 is 3.18 bits per heavy atom. The maximum absolute atomic E-state index is 5.89. The molecular weight excluding hydrogens is 278 g/mol. The third-order valence-corrected chi connectivity index (χ3v) is 3.66. The van der Waals surface area contributed by atoms with Crippen LogP contribution in [0.4, 0.5) is 5.69 Å². The van der Waals surface area contributed by atoms with Crippen LogP contribution in [-0.2, 0) is 15.9 Å². The van der Waals surface area contributed by atoms with Crippen molar-refractivity contribution in [1.29, 1.82) is 0 Å². The van der Waals surface area contributed by atoms with Crippen LogP contribution >= 0.6 is 0 Å². The first-order valence-electron chi connectivity index (χ1n) is 8.13. The molecule has 1 unspecified atom stereocenters. The molecule has 0 aliphatic carbocycles. The van der Waals surface area contributed by atoms with Gasteiger partial charge in [-0.15, -0.1) is 0 Å². The van der Waals surface area contributed by atoms with Crippen LogP contribution < -0.4 is 11.1 Å². The van der Waals surface area contributed by atoms with Gasteiger partial charge in [-0.1, -0.05) is 19.1 Å². The highest BCUT2D eigenvalue weighted by atomic mass is 16.5. The second kappa shape index (κ2) is 9.43. The summed E-state index contributed by atoms with van der Waals surface area (Å²) < 4.78 is 11.1. The summed E-state index contributed by atoms with van der Waals surface area (Å²) in [6, 6.07) is 8.20. The van der Waals surface area contributed by atoms with Crippen LogP contribution in [-0.4, -0.2) is 38.4 Å². The lowest BCUT2D eigenvalue weighted by Gasteiger charge is -2.09. The highest BCUT2D eigenvalue weighted by molar-refractivity contribution is 5.92. The molecule has 122 valence electrons. The van der Waals surface area contributed by atoms with Gasteiger partial charge in [0.15, 0.2) is 5.96 Å². The number of rotatable bonds is 8. The van der Waals surface area contributed by atoms with Gasteiger partial charge in [-0.05, 0) is 43.4 Å². The highest BCUT2D eigenvalue weighted by Gasteiger charge is 2.14. The summed E-state index contributed by atoms with van der Waals surface area (Å²) in [6.45, 7) is 5.06. The molecule has 0 saturated carbocycles. The monoisotopic (exact) mass is 305 g/mol. The maximum atomic E-state index is 5.89. The molecule has 2 rings (SSSR count). The van der Waals surface area contributed by atoms with Gasteiger partial charge in [0.05, 0.1) is 12.7 Å². The van der Waals surface area contributed by atoms with Crippen molar-refractivity contribution in [2.24, 2.45) is 10.7 Å². The van der Waals surface area contributed by atoms with E-state index in [4.69, 9.17) is 15.2 Å². The molecule has 1 aliphatic rings. The Kier molecular flexibility index (Phi) is 7.19. The van der Waals surface area contributed by atoms with Crippen molar-refractivity contribution in [2.75, 3.05) is 31.7 Å². The molecule has 0 bridgehead atoms. The molecule has 3 N–H and O–H groups in total. The van der Waals surface area contributed by atoms with Gasteiger partial charge in [-0.2, -0.15) is 0 Å². The summed E-state index contributed by atoms with van der Waals surface area (Å²) in [5.41, 5.74) is 8.15. The number of hydrogen-bond acceptors (Lipinski definition) is 3. The number of nitrogens with two attached hydrogens (primary N) is 1. The first kappa shape index (κ1) is 16.8. The Hall–Kier alpha value is -1.59. The van der Waals surface area contributed by atoms with Crippen LogP contribution in [0.5, 0.6) is 0 Å². The van der Waals surface area contributed by atoms with Crippen molar-refractivity contribution in [3.63, 3.8) is 0 Å². The zero-order valence-electron chi connectivity index (χ0n) is 13.4. The molecule has 0 spiro atoms. The normalized spacial score (nSPS) is 18.6. The zero-order chi connectivity index (χ0) is 15.6. The topological polar surface area (TPSA) is 68.9 Å². The van der Waals surface area contributed by atoms with Gasteiger partial charge >= 0.3 is 0 Å². The molecule has 1 saturated heterocycles. The van der Waals surface area contributed by atoms with Crippen molar-refractivity contribution in [3.05, 3.63) is 29.8 Å². The van der Waals surface area contributed by atoms with Crippen molar-refractivity contribution in [2.45, 2.75) is 38.7 Å². The second-order valence-electron chi connectivity index (χ2n) is 5.51. The lowest BCUT2D eigenvalue weighted by Crippen LogP contribution is -2.23.